The first-order valence-corrected chi connectivity index (χ1v) is 11.3. The molecule has 164 valence electrons. The molecule has 1 saturated heterocycles. The highest BCUT2D eigenvalue weighted by atomic mass is 32.1. The zero-order valence-electron chi connectivity index (χ0n) is 17.5. The highest BCUT2D eigenvalue weighted by Gasteiger charge is 2.28. The van der Waals surface area contributed by atoms with Crippen LogP contribution in [0.4, 0.5) is 4.79 Å². The van der Waals surface area contributed by atoms with Gasteiger partial charge < -0.3 is 25.5 Å². The Morgan fingerprint density at radius 2 is 2.03 bits per heavy atom. The second kappa shape index (κ2) is 8.05. The first-order chi connectivity index (χ1) is 15.4. The Hall–Kier alpha value is -3.20. The van der Waals surface area contributed by atoms with E-state index in [0.717, 1.165) is 38.5 Å². The summed E-state index contributed by atoms with van der Waals surface area (Å²) in [6.07, 6.45) is -1.36. The first kappa shape index (κ1) is 20.7. The SMILES string of the molecule is CC(N)c1ccc(-c2c(C3CN(C(=O)O)CCO3)ccc3[nH]c(=O)c4sccc4c23)cc1. The topological polar surface area (TPSA) is 109 Å². The average molecular weight is 450 g/mol. The van der Waals surface area contributed by atoms with E-state index in [1.165, 1.54) is 16.2 Å². The lowest BCUT2D eigenvalue weighted by molar-refractivity contribution is -0.0228. The third-order valence-corrected chi connectivity index (χ3v) is 6.95. The smallest absolute Gasteiger partial charge is 0.407 e. The molecule has 1 fully saturated rings. The van der Waals surface area contributed by atoms with Crippen molar-refractivity contribution in [1.29, 1.82) is 0 Å². The molecule has 5 rings (SSSR count). The summed E-state index contributed by atoms with van der Waals surface area (Å²) in [6.45, 7) is 2.87. The number of morpholine rings is 1. The number of ether oxygens (including phenoxy) is 1. The molecule has 32 heavy (non-hydrogen) atoms. The number of carbonyl (C=O) groups is 1. The Morgan fingerprint density at radius 3 is 2.75 bits per heavy atom. The maximum atomic E-state index is 12.6. The summed E-state index contributed by atoms with van der Waals surface area (Å²) >= 11 is 1.41. The third kappa shape index (κ3) is 3.46. The van der Waals surface area contributed by atoms with Crippen molar-refractivity contribution < 1.29 is 14.6 Å². The van der Waals surface area contributed by atoms with Crippen LogP contribution in [0.15, 0.2) is 52.6 Å². The van der Waals surface area contributed by atoms with Crippen LogP contribution in [-0.4, -0.2) is 40.8 Å². The Balaban J connectivity index is 1.78. The molecule has 3 heterocycles. The molecule has 8 heteroatoms. The second-order valence-electron chi connectivity index (χ2n) is 8.07. The predicted octanol–water partition coefficient (Wildman–Crippen LogP) is 4.48. The van der Waals surface area contributed by atoms with Crippen LogP contribution in [0, 0.1) is 0 Å². The fourth-order valence-corrected chi connectivity index (χ4v) is 5.20. The van der Waals surface area contributed by atoms with Crippen molar-refractivity contribution in [2.24, 2.45) is 5.73 Å². The van der Waals surface area contributed by atoms with E-state index in [9.17, 15) is 14.7 Å². The minimum absolute atomic E-state index is 0.0817. The predicted molar refractivity (Wildman–Crippen MR) is 126 cm³/mol. The lowest BCUT2D eigenvalue weighted by atomic mass is 9.89. The van der Waals surface area contributed by atoms with Crippen LogP contribution in [0.3, 0.4) is 0 Å². The Kier molecular flexibility index (Phi) is 5.21. The van der Waals surface area contributed by atoms with Crippen LogP contribution in [0.25, 0.3) is 32.1 Å². The monoisotopic (exact) mass is 449 g/mol. The summed E-state index contributed by atoms with van der Waals surface area (Å²) < 4.78 is 6.71. The van der Waals surface area contributed by atoms with E-state index in [4.69, 9.17) is 10.5 Å². The van der Waals surface area contributed by atoms with E-state index >= 15 is 0 Å². The molecular weight excluding hydrogens is 426 g/mol. The van der Waals surface area contributed by atoms with Gasteiger partial charge in [-0.3, -0.25) is 4.79 Å². The number of pyridine rings is 1. The van der Waals surface area contributed by atoms with Gasteiger partial charge in [-0.2, -0.15) is 0 Å². The van der Waals surface area contributed by atoms with Crippen molar-refractivity contribution in [3.63, 3.8) is 0 Å². The van der Waals surface area contributed by atoms with Crippen LogP contribution in [-0.2, 0) is 4.74 Å². The first-order valence-electron chi connectivity index (χ1n) is 10.5. The normalized spacial score (nSPS) is 17.7. The molecule has 7 nitrogen and oxygen atoms in total. The minimum Gasteiger partial charge on any atom is -0.465 e. The van der Waals surface area contributed by atoms with Gasteiger partial charge in [0.25, 0.3) is 5.56 Å². The summed E-state index contributed by atoms with van der Waals surface area (Å²) in [5, 5.41) is 13.2. The molecule has 1 amide bonds. The summed E-state index contributed by atoms with van der Waals surface area (Å²) in [7, 11) is 0. The Morgan fingerprint density at radius 1 is 1.25 bits per heavy atom. The molecule has 0 spiro atoms. The van der Waals surface area contributed by atoms with Gasteiger partial charge in [-0.15, -0.1) is 11.3 Å². The number of rotatable bonds is 3. The van der Waals surface area contributed by atoms with Gasteiger partial charge in [0.15, 0.2) is 0 Å². The molecule has 2 aromatic carbocycles. The molecule has 0 radical (unpaired) electrons. The fraction of sp³-hybridized carbons (Fsp3) is 0.250. The van der Waals surface area contributed by atoms with Crippen molar-refractivity contribution in [3.8, 4) is 11.1 Å². The Labute approximate surface area is 188 Å². The summed E-state index contributed by atoms with van der Waals surface area (Å²) in [5.74, 6) is 0. The number of hydrogen-bond donors (Lipinski definition) is 3. The number of amides is 1. The number of hydrogen-bond acceptors (Lipinski definition) is 5. The number of thiophene rings is 1. The van der Waals surface area contributed by atoms with Gasteiger partial charge in [0, 0.05) is 28.9 Å². The van der Waals surface area contributed by atoms with E-state index in [-0.39, 0.29) is 18.1 Å². The quantitative estimate of drug-likeness (QED) is 0.427. The van der Waals surface area contributed by atoms with Gasteiger partial charge >= 0.3 is 6.09 Å². The minimum atomic E-state index is -0.952. The lowest BCUT2D eigenvalue weighted by Crippen LogP contribution is -2.41. The largest absolute Gasteiger partial charge is 0.465 e. The van der Waals surface area contributed by atoms with Crippen LogP contribution in [0.5, 0.6) is 0 Å². The highest BCUT2D eigenvalue weighted by Crippen LogP contribution is 2.40. The van der Waals surface area contributed by atoms with Gasteiger partial charge in [0.05, 0.1) is 13.2 Å². The van der Waals surface area contributed by atoms with Crippen LogP contribution >= 0.6 is 11.3 Å². The summed E-state index contributed by atoms with van der Waals surface area (Å²) in [5.41, 5.74) is 10.5. The second-order valence-corrected chi connectivity index (χ2v) is 8.98. The number of benzene rings is 2. The number of nitrogens with two attached hydrogens (primary N) is 1. The van der Waals surface area contributed by atoms with Gasteiger partial charge in [-0.05, 0) is 46.7 Å². The lowest BCUT2D eigenvalue weighted by Gasteiger charge is -2.32. The van der Waals surface area contributed by atoms with Gasteiger partial charge in [-0.1, -0.05) is 30.3 Å². The standard InChI is InChI=1S/C24H23N3O4S/c1-13(25)14-2-4-15(5-3-14)20-16(19-12-27(24(29)30)9-10-31-19)6-7-18-21(20)17-8-11-32-22(17)23(28)26-18/h2-8,11,13,19H,9-10,12,25H2,1H3,(H,26,28)(H,29,30). The zero-order valence-corrected chi connectivity index (χ0v) is 18.3. The van der Waals surface area contributed by atoms with Crippen LogP contribution in [0.1, 0.15) is 30.2 Å². The molecule has 0 bridgehead atoms. The molecule has 2 unspecified atom stereocenters. The van der Waals surface area contributed by atoms with E-state index in [0.29, 0.717) is 17.9 Å². The maximum Gasteiger partial charge on any atom is 0.407 e. The summed E-state index contributed by atoms with van der Waals surface area (Å²) in [4.78, 5) is 28.6. The molecule has 4 N–H and O–H groups in total. The van der Waals surface area contributed by atoms with Crippen molar-refractivity contribution in [3.05, 3.63) is 69.3 Å². The zero-order chi connectivity index (χ0) is 22.4. The van der Waals surface area contributed by atoms with Gasteiger partial charge in [0.2, 0.25) is 0 Å². The molecule has 0 saturated carbocycles. The number of nitrogens with one attached hydrogen (secondary N) is 1. The molecule has 0 aliphatic carbocycles. The fourth-order valence-electron chi connectivity index (χ4n) is 4.41. The average Bonchev–Trinajstić information content (AvgIpc) is 3.29. The summed E-state index contributed by atoms with van der Waals surface area (Å²) in [6, 6.07) is 13.8. The Bertz CT molecular complexity index is 1370. The molecule has 2 atom stereocenters. The number of H-pyrrole nitrogens is 1. The van der Waals surface area contributed by atoms with E-state index in [2.05, 4.69) is 4.98 Å². The molecule has 2 aromatic heterocycles. The molecule has 1 aliphatic rings. The van der Waals surface area contributed by atoms with Gasteiger partial charge in [0.1, 0.15) is 10.8 Å². The number of aromatic amines is 1. The number of nitrogens with zero attached hydrogens (tertiary/aromatic N) is 1. The van der Waals surface area contributed by atoms with Crippen molar-refractivity contribution >= 4 is 38.4 Å². The van der Waals surface area contributed by atoms with Crippen molar-refractivity contribution in [1.82, 2.24) is 9.88 Å². The number of aromatic nitrogens is 1. The van der Waals surface area contributed by atoms with Crippen molar-refractivity contribution in [2.45, 2.75) is 19.1 Å². The van der Waals surface area contributed by atoms with E-state index < -0.39 is 12.2 Å². The van der Waals surface area contributed by atoms with E-state index in [1.54, 1.807) is 0 Å². The molecular formula is C24H23N3O4S. The van der Waals surface area contributed by atoms with Crippen molar-refractivity contribution in [2.75, 3.05) is 19.7 Å². The highest BCUT2D eigenvalue weighted by molar-refractivity contribution is 7.17. The number of fused-ring (bicyclic) bond motifs is 3. The molecule has 4 aromatic rings. The number of carboxylic acid groups (broad SMARTS) is 1. The third-order valence-electron chi connectivity index (χ3n) is 6.04. The van der Waals surface area contributed by atoms with E-state index in [1.807, 2.05) is 54.8 Å². The van der Waals surface area contributed by atoms with Crippen LogP contribution in [0.2, 0.25) is 0 Å². The van der Waals surface area contributed by atoms with Crippen LogP contribution < -0.4 is 11.3 Å². The maximum absolute atomic E-state index is 12.6. The molecule has 1 aliphatic heterocycles. The van der Waals surface area contributed by atoms with Gasteiger partial charge in [-0.25, -0.2) is 4.79 Å².